The van der Waals surface area contributed by atoms with Gasteiger partial charge in [0.2, 0.25) is 0 Å². The van der Waals surface area contributed by atoms with Crippen LogP contribution in [0.25, 0.3) is 86.2 Å². The number of hydrogen-bond donors (Lipinski definition) is 3. The quantitative estimate of drug-likeness (QED) is 0.181. The van der Waals surface area contributed by atoms with Crippen LogP contribution in [0.15, 0.2) is 160 Å². The maximum atomic E-state index is 12.9. The molecule has 6 aromatic heterocycles. The first-order chi connectivity index (χ1) is 29.4. The third-order valence-electron chi connectivity index (χ3n) is 9.22. The molecular formula is C42H27N15O3. The summed E-state index contributed by atoms with van der Waals surface area (Å²) in [5, 5.41) is 8.64. The van der Waals surface area contributed by atoms with Gasteiger partial charge in [-0.05, 0) is 18.2 Å². The Bertz CT molecular complexity index is 2980. The molecule has 0 aliphatic rings. The van der Waals surface area contributed by atoms with Gasteiger partial charge in [0.1, 0.15) is 0 Å². The Balaban J connectivity index is 1.26. The van der Waals surface area contributed by atoms with Gasteiger partial charge in [-0.15, -0.1) is 0 Å². The minimum absolute atomic E-state index is 0.0423. The minimum Gasteiger partial charge on any atom is -0.296 e. The summed E-state index contributed by atoms with van der Waals surface area (Å²) in [7, 11) is 0. The van der Waals surface area contributed by atoms with Crippen molar-refractivity contribution in [1.29, 1.82) is 0 Å². The van der Waals surface area contributed by atoms with Gasteiger partial charge in [0.25, 0.3) is 34.5 Å². The van der Waals surface area contributed by atoms with Crippen molar-refractivity contribution in [2.45, 2.75) is 0 Å². The Hall–Kier alpha value is -9.06. The Morgan fingerprint density at radius 1 is 0.300 bits per heavy atom. The highest BCUT2D eigenvalue weighted by atomic mass is 16.1. The molecule has 10 aromatic rings. The van der Waals surface area contributed by atoms with Gasteiger partial charge in [0.05, 0.1) is 0 Å². The highest BCUT2D eigenvalue weighted by molar-refractivity contribution is 5.77. The van der Waals surface area contributed by atoms with Crippen LogP contribution in [0.5, 0.6) is 0 Å². The summed E-state index contributed by atoms with van der Waals surface area (Å²) in [5.41, 5.74) is 2.20. The van der Waals surface area contributed by atoms with E-state index in [-0.39, 0.29) is 52.0 Å². The average Bonchev–Trinajstić information content (AvgIpc) is 4.07. The summed E-state index contributed by atoms with van der Waals surface area (Å²) in [6.45, 7) is 0. The van der Waals surface area contributed by atoms with Crippen LogP contribution >= 0.6 is 0 Å². The van der Waals surface area contributed by atoms with E-state index in [1.165, 1.54) is 50.8 Å². The molecular weight excluding hydrogens is 763 g/mol. The van der Waals surface area contributed by atoms with Crippen molar-refractivity contribution in [3.63, 3.8) is 0 Å². The van der Waals surface area contributed by atoms with Crippen molar-refractivity contribution in [2.75, 3.05) is 0 Å². The highest BCUT2D eigenvalue weighted by Crippen LogP contribution is 2.32. The second kappa shape index (κ2) is 14.8. The topological polar surface area (TPSA) is 229 Å². The normalized spacial score (nSPS) is 11.2. The molecule has 0 atom stereocenters. The van der Waals surface area contributed by atoms with E-state index in [1.807, 2.05) is 91.0 Å². The van der Waals surface area contributed by atoms with E-state index in [1.54, 1.807) is 18.2 Å². The first kappa shape index (κ1) is 35.4. The molecule has 0 spiro atoms. The monoisotopic (exact) mass is 789 g/mol. The number of hydrogen-bond acceptors (Lipinski definition) is 12. The zero-order chi connectivity index (χ0) is 40.6. The molecule has 10 rings (SSSR count). The minimum atomic E-state index is -0.378. The lowest BCUT2D eigenvalue weighted by Crippen LogP contribution is -2.18. The maximum absolute atomic E-state index is 12.9. The van der Waals surface area contributed by atoms with Crippen LogP contribution in [-0.4, -0.2) is 74.2 Å². The smallest absolute Gasteiger partial charge is 0.273 e. The van der Waals surface area contributed by atoms with Gasteiger partial charge in [-0.1, -0.05) is 91.0 Å². The Labute approximate surface area is 336 Å². The fourth-order valence-electron chi connectivity index (χ4n) is 6.38. The van der Waals surface area contributed by atoms with Crippen molar-refractivity contribution >= 4 is 0 Å². The van der Waals surface area contributed by atoms with Gasteiger partial charge >= 0.3 is 0 Å². The van der Waals surface area contributed by atoms with Gasteiger partial charge < -0.3 is 0 Å². The summed E-state index contributed by atoms with van der Waals surface area (Å²) >= 11 is 0. The lowest BCUT2D eigenvalue weighted by molar-refractivity contribution is 0.776. The van der Waals surface area contributed by atoms with Crippen LogP contribution in [0.4, 0.5) is 0 Å². The molecule has 0 bridgehead atoms. The Morgan fingerprint density at radius 3 is 0.783 bits per heavy atom. The SMILES string of the molecule is O=c1cc[nH]n1-c1nc(-c2ccccc2)nc(-c2cc(-c3nc(-c4ccccc4)nc(-n4[nH]ccc4=O)n3)cc(-c3nc(-c4ccccc4)nc(-n4[nH]ccc4=O)n3)c2)n1. The first-order valence-corrected chi connectivity index (χ1v) is 18.3. The second-order valence-corrected chi connectivity index (χ2v) is 13.2. The third kappa shape index (κ3) is 6.77. The van der Waals surface area contributed by atoms with E-state index in [4.69, 9.17) is 29.9 Å². The van der Waals surface area contributed by atoms with Crippen molar-refractivity contribution in [2.24, 2.45) is 0 Å². The fourth-order valence-corrected chi connectivity index (χ4v) is 6.38. The summed E-state index contributed by atoms with van der Waals surface area (Å²) in [4.78, 5) is 81.8. The molecule has 60 heavy (non-hydrogen) atoms. The summed E-state index contributed by atoms with van der Waals surface area (Å²) in [6, 6.07) is 37.3. The number of aromatic nitrogens is 15. The predicted octanol–water partition coefficient (Wildman–Crippen LogP) is 4.68. The zero-order valence-electron chi connectivity index (χ0n) is 30.9. The second-order valence-electron chi connectivity index (χ2n) is 13.2. The molecule has 0 saturated carbocycles. The predicted molar refractivity (Wildman–Crippen MR) is 219 cm³/mol. The van der Waals surface area contributed by atoms with Crippen molar-refractivity contribution < 1.29 is 0 Å². The lowest BCUT2D eigenvalue weighted by atomic mass is 10.0. The molecule has 0 fully saturated rings. The van der Waals surface area contributed by atoms with Crippen LogP contribution in [0.3, 0.4) is 0 Å². The summed E-state index contributed by atoms with van der Waals surface area (Å²) in [5.74, 6) is 1.55. The molecule has 3 N–H and O–H groups in total. The third-order valence-corrected chi connectivity index (χ3v) is 9.22. The van der Waals surface area contributed by atoms with Crippen molar-refractivity contribution in [3.05, 3.63) is 177 Å². The van der Waals surface area contributed by atoms with Gasteiger partial charge in [-0.25, -0.2) is 15.0 Å². The molecule has 18 nitrogen and oxygen atoms in total. The average molecular weight is 790 g/mol. The van der Waals surface area contributed by atoms with Crippen LogP contribution in [0.2, 0.25) is 0 Å². The van der Waals surface area contributed by atoms with Crippen LogP contribution in [0, 0.1) is 0 Å². The molecule has 18 heteroatoms. The van der Waals surface area contributed by atoms with Gasteiger partial charge in [-0.3, -0.25) is 29.7 Å². The van der Waals surface area contributed by atoms with Crippen LogP contribution in [0.1, 0.15) is 0 Å². The van der Waals surface area contributed by atoms with Crippen LogP contribution < -0.4 is 16.7 Å². The van der Waals surface area contributed by atoms with Crippen molar-refractivity contribution in [3.8, 4) is 86.2 Å². The molecule has 288 valence electrons. The molecule has 0 amide bonds. The number of H-pyrrole nitrogens is 3. The zero-order valence-corrected chi connectivity index (χ0v) is 30.9. The van der Waals surface area contributed by atoms with Gasteiger partial charge in [0.15, 0.2) is 34.9 Å². The largest absolute Gasteiger partial charge is 0.296 e. The summed E-state index contributed by atoms with van der Waals surface area (Å²) < 4.78 is 3.62. The molecule has 0 unspecified atom stereocenters. The molecule has 6 heterocycles. The molecule has 0 aliphatic heterocycles. The van der Waals surface area contributed by atoms with E-state index in [0.29, 0.717) is 50.9 Å². The van der Waals surface area contributed by atoms with E-state index < -0.39 is 0 Å². The standard InChI is InChI=1S/C42H27N15O3/c58-31-16-19-43-55(31)40-49-34(25-10-4-1-5-11-25)46-37(52-40)28-22-29(38-47-35(26-12-6-2-7-13-26)50-41(53-38)56-32(59)17-20-44-56)24-30(23-28)39-48-36(27-14-8-3-9-15-27)51-42(54-39)57-33(60)18-21-45-57/h1-24,43-45H. The molecule has 0 aliphatic carbocycles. The van der Waals surface area contributed by atoms with Crippen molar-refractivity contribution in [1.82, 2.24) is 74.2 Å². The number of rotatable bonds is 9. The van der Waals surface area contributed by atoms with E-state index >= 15 is 0 Å². The first-order valence-electron chi connectivity index (χ1n) is 18.3. The summed E-state index contributed by atoms with van der Waals surface area (Å²) in [6.07, 6.45) is 4.47. The molecule has 0 radical (unpaired) electrons. The highest BCUT2D eigenvalue weighted by Gasteiger charge is 2.21. The van der Waals surface area contributed by atoms with Gasteiger partial charge in [0, 0.05) is 70.2 Å². The molecule has 0 saturated heterocycles. The number of benzene rings is 4. The fraction of sp³-hybridized carbons (Fsp3) is 0. The Kier molecular flexibility index (Phi) is 8.71. The maximum Gasteiger partial charge on any atom is 0.273 e. The van der Waals surface area contributed by atoms with E-state index in [2.05, 4.69) is 30.2 Å². The number of aromatic amines is 3. The van der Waals surface area contributed by atoms with Crippen LogP contribution in [-0.2, 0) is 0 Å². The lowest BCUT2D eigenvalue weighted by Gasteiger charge is -2.13. The van der Waals surface area contributed by atoms with E-state index in [9.17, 15) is 14.4 Å². The number of nitrogens with one attached hydrogen (secondary N) is 3. The Morgan fingerprint density at radius 2 is 0.550 bits per heavy atom. The van der Waals surface area contributed by atoms with Gasteiger partial charge in [-0.2, -0.15) is 43.9 Å². The van der Waals surface area contributed by atoms with E-state index in [0.717, 1.165) is 0 Å². The molecule has 4 aromatic carbocycles. The number of nitrogens with zero attached hydrogens (tertiary/aromatic N) is 12.